The SMILES string of the molecule is COc1ccc(NC(=O)N2CC(n3cc(Cn4nccn4)nn3)C2)c(OC)c1. The summed E-state index contributed by atoms with van der Waals surface area (Å²) < 4.78 is 12.2. The molecule has 0 aliphatic carbocycles. The topological polar surface area (TPSA) is 112 Å². The molecular formula is C17H20N8O3. The van der Waals surface area contributed by atoms with Gasteiger partial charge in [-0.15, -0.1) is 5.10 Å². The molecule has 2 amide bonds. The Balaban J connectivity index is 1.33. The summed E-state index contributed by atoms with van der Waals surface area (Å²) in [6.45, 7) is 1.56. The lowest BCUT2D eigenvalue weighted by Gasteiger charge is -2.38. The highest BCUT2D eigenvalue weighted by atomic mass is 16.5. The highest BCUT2D eigenvalue weighted by Gasteiger charge is 2.33. The third kappa shape index (κ3) is 3.59. The van der Waals surface area contributed by atoms with Gasteiger partial charge in [0.15, 0.2) is 0 Å². The highest BCUT2D eigenvalue weighted by Crippen LogP contribution is 2.30. The van der Waals surface area contributed by atoms with Crippen molar-refractivity contribution in [1.82, 2.24) is 34.9 Å². The van der Waals surface area contributed by atoms with Crippen LogP contribution in [0.5, 0.6) is 11.5 Å². The van der Waals surface area contributed by atoms with Crippen molar-refractivity contribution in [3.05, 3.63) is 42.5 Å². The minimum atomic E-state index is -0.194. The minimum Gasteiger partial charge on any atom is -0.497 e. The first-order chi connectivity index (χ1) is 13.7. The molecule has 1 aliphatic heterocycles. The number of hydrogen-bond acceptors (Lipinski definition) is 7. The number of urea groups is 1. The van der Waals surface area contributed by atoms with Crippen LogP contribution in [-0.4, -0.2) is 68.2 Å². The molecule has 3 heterocycles. The number of nitrogens with one attached hydrogen (secondary N) is 1. The Morgan fingerprint density at radius 2 is 2.00 bits per heavy atom. The standard InChI is InChI=1S/C17H20N8O3/c1-27-14-3-4-15(16(7-14)28-2)20-17(26)23-10-13(11-23)24-8-12(21-22-24)9-25-18-5-6-19-25/h3-8,13H,9-11H2,1-2H3,(H,20,26). The van der Waals surface area contributed by atoms with Gasteiger partial charge < -0.3 is 19.7 Å². The van der Waals surface area contributed by atoms with Crippen LogP contribution in [0.15, 0.2) is 36.8 Å². The molecule has 1 aromatic carbocycles. The number of anilines is 1. The van der Waals surface area contributed by atoms with Crippen LogP contribution >= 0.6 is 0 Å². The van der Waals surface area contributed by atoms with Crippen molar-refractivity contribution >= 4 is 11.7 Å². The maximum atomic E-state index is 12.5. The lowest BCUT2D eigenvalue weighted by atomic mass is 10.1. The predicted octanol–water partition coefficient (Wildman–Crippen LogP) is 1.02. The summed E-state index contributed by atoms with van der Waals surface area (Å²) in [4.78, 5) is 15.7. The van der Waals surface area contributed by atoms with Crippen molar-refractivity contribution in [3.63, 3.8) is 0 Å². The second-order valence-corrected chi connectivity index (χ2v) is 6.30. The van der Waals surface area contributed by atoms with Crippen molar-refractivity contribution in [2.45, 2.75) is 12.6 Å². The number of nitrogens with zero attached hydrogens (tertiary/aromatic N) is 7. The number of carbonyl (C=O) groups is 1. The van der Waals surface area contributed by atoms with Gasteiger partial charge in [0.2, 0.25) is 0 Å². The normalized spacial score (nSPS) is 13.9. The molecular weight excluding hydrogens is 364 g/mol. The van der Waals surface area contributed by atoms with Crippen LogP contribution in [0.3, 0.4) is 0 Å². The minimum absolute atomic E-state index is 0.0929. The van der Waals surface area contributed by atoms with Crippen LogP contribution in [-0.2, 0) is 6.54 Å². The van der Waals surface area contributed by atoms with Crippen LogP contribution in [0.4, 0.5) is 10.5 Å². The second kappa shape index (κ2) is 7.55. The lowest BCUT2D eigenvalue weighted by molar-refractivity contribution is 0.127. The van der Waals surface area contributed by atoms with Gasteiger partial charge in [-0.2, -0.15) is 15.0 Å². The average Bonchev–Trinajstić information content (AvgIpc) is 3.33. The zero-order chi connectivity index (χ0) is 19.5. The Hall–Kier alpha value is -3.63. The molecule has 28 heavy (non-hydrogen) atoms. The molecule has 11 nitrogen and oxygen atoms in total. The second-order valence-electron chi connectivity index (χ2n) is 6.30. The largest absolute Gasteiger partial charge is 0.497 e. The molecule has 0 spiro atoms. The van der Waals surface area contributed by atoms with Crippen molar-refractivity contribution in [2.75, 3.05) is 32.6 Å². The first-order valence-corrected chi connectivity index (χ1v) is 8.69. The predicted molar refractivity (Wildman–Crippen MR) is 98.3 cm³/mol. The van der Waals surface area contributed by atoms with Gasteiger partial charge in [0.1, 0.15) is 23.7 Å². The Kier molecular flexibility index (Phi) is 4.79. The van der Waals surface area contributed by atoms with E-state index in [4.69, 9.17) is 9.47 Å². The number of methoxy groups -OCH3 is 2. The summed E-state index contributed by atoms with van der Waals surface area (Å²) in [5.41, 5.74) is 1.36. The fourth-order valence-electron chi connectivity index (χ4n) is 2.92. The number of amides is 2. The van der Waals surface area contributed by atoms with E-state index in [1.807, 2.05) is 6.20 Å². The molecule has 0 atom stereocenters. The van der Waals surface area contributed by atoms with Gasteiger partial charge in [-0.05, 0) is 12.1 Å². The van der Waals surface area contributed by atoms with Crippen molar-refractivity contribution in [1.29, 1.82) is 0 Å². The van der Waals surface area contributed by atoms with E-state index in [1.54, 1.807) is 54.4 Å². The molecule has 1 aliphatic rings. The molecule has 0 radical (unpaired) electrons. The summed E-state index contributed by atoms with van der Waals surface area (Å²) in [7, 11) is 3.12. The summed E-state index contributed by atoms with van der Waals surface area (Å²) >= 11 is 0. The van der Waals surface area contributed by atoms with E-state index in [0.717, 1.165) is 5.69 Å². The quantitative estimate of drug-likeness (QED) is 0.675. The summed E-state index contributed by atoms with van der Waals surface area (Å²) in [6.07, 6.45) is 5.09. The van der Waals surface area contributed by atoms with Gasteiger partial charge in [0, 0.05) is 19.2 Å². The van der Waals surface area contributed by atoms with E-state index in [2.05, 4.69) is 25.8 Å². The number of likely N-dealkylation sites (tertiary alicyclic amines) is 1. The molecule has 2 aromatic heterocycles. The van der Waals surface area contributed by atoms with Gasteiger partial charge >= 0.3 is 6.03 Å². The van der Waals surface area contributed by atoms with Crippen LogP contribution < -0.4 is 14.8 Å². The summed E-state index contributed by atoms with van der Waals surface area (Å²) in [5.74, 6) is 1.20. The van der Waals surface area contributed by atoms with Gasteiger partial charge in [0.05, 0.1) is 44.5 Å². The molecule has 0 bridgehead atoms. The molecule has 0 saturated carbocycles. The number of ether oxygens (including phenoxy) is 2. The maximum absolute atomic E-state index is 12.5. The van der Waals surface area contributed by atoms with E-state index >= 15 is 0 Å². The monoisotopic (exact) mass is 384 g/mol. The lowest BCUT2D eigenvalue weighted by Crippen LogP contribution is -2.52. The molecule has 1 fully saturated rings. The number of rotatable bonds is 6. The highest BCUT2D eigenvalue weighted by molar-refractivity contribution is 5.91. The van der Waals surface area contributed by atoms with E-state index in [9.17, 15) is 4.79 Å². The van der Waals surface area contributed by atoms with Crippen LogP contribution in [0, 0.1) is 0 Å². The van der Waals surface area contributed by atoms with Crippen molar-refractivity contribution in [3.8, 4) is 11.5 Å². The smallest absolute Gasteiger partial charge is 0.322 e. The Labute approximate surface area is 160 Å². The van der Waals surface area contributed by atoms with Gasteiger partial charge in [-0.1, -0.05) is 5.21 Å². The Morgan fingerprint density at radius 3 is 2.71 bits per heavy atom. The number of carbonyl (C=O) groups excluding carboxylic acids is 1. The maximum Gasteiger partial charge on any atom is 0.322 e. The summed E-state index contributed by atoms with van der Waals surface area (Å²) in [5, 5.41) is 19.2. The fraction of sp³-hybridized carbons (Fsp3) is 0.353. The van der Waals surface area contributed by atoms with Crippen LogP contribution in [0.2, 0.25) is 0 Å². The average molecular weight is 384 g/mol. The third-order valence-electron chi connectivity index (χ3n) is 4.50. The first-order valence-electron chi connectivity index (χ1n) is 8.69. The van der Waals surface area contributed by atoms with Crippen molar-refractivity contribution in [2.24, 2.45) is 0 Å². The van der Waals surface area contributed by atoms with Crippen molar-refractivity contribution < 1.29 is 14.3 Å². The van der Waals surface area contributed by atoms with E-state index in [0.29, 0.717) is 36.8 Å². The number of aromatic nitrogens is 6. The molecule has 4 rings (SSSR count). The zero-order valence-electron chi connectivity index (χ0n) is 15.5. The third-order valence-corrected chi connectivity index (χ3v) is 4.50. The molecule has 1 saturated heterocycles. The Bertz CT molecular complexity index is 949. The molecule has 3 aromatic rings. The van der Waals surface area contributed by atoms with E-state index < -0.39 is 0 Å². The molecule has 11 heteroatoms. The first kappa shape index (κ1) is 17.8. The fourth-order valence-corrected chi connectivity index (χ4v) is 2.92. The van der Waals surface area contributed by atoms with Gasteiger partial charge in [-0.3, -0.25) is 0 Å². The van der Waals surface area contributed by atoms with Crippen LogP contribution in [0.25, 0.3) is 0 Å². The van der Waals surface area contributed by atoms with Gasteiger partial charge in [-0.25, -0.2) is 9.48 Å². The summed E-state index contributed by atoms with van der Waals surface area (Å²) in [6, 6.07) is 5.14. The molecule has 0 unspecified atom stereocenters. The number of hydrogen-bond donors (Lipinski definition) is 1. The molecule has 146 valence electrons. The van der Waals surface area contributed by atoms with E-state index in [-0.39, 0.29) is 12.1 Å². The molecule has 1 N–H and O–H groups in total. The van der Waals surface area contributed by atoms with Gasteiger partial charge in [0.25, 0.3) is 0 Å². The zero-order valence-corrected chi connectivity index (χ0v) is 15.5. The Morgan fingerprint density at radius 1 is 1.21 bits per heavy atom. The van der Waals surface area contributed by atoms with Crippen LogP contribution in [0.1, 0.15) is 11.7 Å². The van der Waals surface area contributed by atoms with E-state index in [1.165, 1.54) is 4.80 Å². The number of benzene rings is 1.